The van der Waals surface area contributed by atoms with Crippen molar-refractivity contribution in [2.45, 2.75) is 48.5 Å². The largest absolute Gasteiger partial charge is 0.416 e. The molecule has 3 aromatic rings. The van der Waals surface area contributed by atoms with Gasteiger partial charge in [0.05, 0.1) is 15.9 Å². The Hall–Kier alpha value is -2.20. The van der Waals surface area contributed by atoms with Gasteiger partial charge in [-0.15, -0.1) is 11.3 Å². The van der Waals surface area contributed by atoms with Crippen molar-refractivity contribution < 1.29 is 26.4 Å². The number of thiophene rings is 1. The van der Waals surface area contributed by atoms with E-state index in [9.17, 15) is 26.4 Å². The van der Waals surface area contributed by atoms with Gasteiger partial charge in [-0.1, -0.05) is 54.9 Å². The molecule has 0 spiro atoms. The first-order chi connectivity index (χ1) is 16.5. The number of rotatable bonds is 7. The van der Waals surface area contributed by atoms with E-state index in [0.717, 1.165) is 34.6 Å². The molecule has 2 aromatic carbocycles. The fourth-order valence-corrected chi connectivity index (χ4v) is 7.62. The second-order valence-electron chi connectivity index (χ2n) is 8.60. The third-order valence-corrected chi connectivity index (χ3v) is 9.80. The summed E-state index contributed by atoms with van der Waals surface area (Å²) in [7, 11) is -3.80. The number of halogens is 4. The smallest absolute Gasteiger partial charge is 0.298 e. The lowest BCUT2D eigenvalue weighted by Crippen LogP contribution is -2.40. The maximum atomic E-state index is 13.2. The van der Waals surface area contributed by atoms with Crippen molar-refractivity contribution in [3.63, 3.8) is 0 Å². The van der Waals surface area contributed by atoms with Gasteiger partial charge in [0, 0.05) is 13.0 Å². The van der Waals surface area contributed by atoms with Crippen molar-refractivity contribution >= 4 is 38.7 Å². The zero-order valence-electron chi connectivity index (χ0n) is 18.8. The van der Waals surface area contributed by atoms with Gasteiger partial charge < -0.3 is 0 Å². The van der Waals surface area contributed by atoms with Gasteiger partial charge >= 0.3 is 6.18 Å². The fourth-order valence-electron chi connectivity index (χ4n) is 4.33. The average Bonchev–Trinajstić information content (AvgIpc) is 3.49. The molecule has 35 heavy (non-hydrogen) atoms. The second kappa shape index (κ2) is 10.0. The Morgan fingerprint density at radius 1 is 1.11 bits per heavy atom. The van der Waals surface area contributed by atoms with Crippen LogP contribution < -0.4 is 0 Å². The molecule has 186 valence electrons. The molecular formula is C25H23ClF3NO3S2. The number of Topliss-reactive ketones (excluding diaryl/α,β-unsaturated/α-hetero) is 1. The summed E-state index contributed by atoms with van der Waals surface area (Å²) in [5.41, 5.74) is 1.53. The van der Waals surface area contributed by atoms with Crippen LogP contribution in [0.25, 0.3) is 11.1 Å². The van der Waals surface area contributed by atoms with E-state index >= 15 is 0 Å². The molecule has 0 saturated carbocycles. The summed E-state index contributed by atoms with van der Waals surface area (Å²) in [6, 6.07) is 14.5. The molecule has 1 fully saturated rings. The summed E-state index contributed by atoms with van der Waals surface area (Å²) >= 11 is 6.88. The van der Waals surface area contributed by atoms with Gasteiger partial charge in [-0.25, -0.2) is 8.42 Å². The fraction of sp³-hybridized carbons (Fsp3) is 0.320. The van der Waals surface area contributed by atoms with Crippen LogP contribution >= 0.6 is 22.9 Å². The van der Waals surface area contributed by atoms with Gasteiger partial charge in [0.2, 0.25) is 0 Å². The second-order valence-corrected chi connectivity index (χ2v) is 12.4. The number of sulfonamides is 1. The molecule has 1 saturated heterocycles. The van der Waals surface area contributed by atoms with Crippen LogP contribution in [0.1, 0.15) is 43.2 Å². The van der Waals surface area contributed by atoms with Gasteiger partial charge in [0.1, 0.15) is 4.21 Å². The molecule has 10 heteroatoms. The standard InChI is InChI=1S/C25H23ClF3NO3S2/c1-16(18-4-2-5-19(15-18)17-7-9-20(10-8-17)25(27,28)29)14-22(31)21-6-3-13-30(21)35(32,33)24-12-11-23(26)34-24/h2,4-5,7-12,15-16,21H,3,6,13-14H2,1H3/t16-,21-/m0/s1. The molecule has 4 nitrogen and oxygen atoms in total. The first-order valence-corrected chi connectivity index (χ1v) is 13.7. The van der Waals surface area contributed by atoms with E-state index in [4.69, 9.17) is 11.6 Å². The summed E-state index contributed by atoms with van der Waals surface area (Å²) in [4.78, 5) is 13.2. The van der Waals surface area contributed by atoms with Crippen molar-refractivity contribution in [3.05, 3.63) is 76.1 Å². The van der Waals surface area contributed by atoms with Crippen LogP contribution in [0.4, 0.5) is 13.2 Å². The van der Waals surface area contributed by atoms with Crippen molar-refractivity contribution in [1.82, 2.24) is 4.31 Å². The molecule has 0 aliphatic carbocycles. The minimum Gasteiger partial charge on any atom is -0.298 e. The van der Waals surface area contributed by atoms with E-state index in [1.807, 2.05) is 19.1 Å². The summed E-state index contributed by atoms with van der Waals surface area (Å²) < 4.78 is 66.5. The Balaban J connectivity index is 1.49. The molecule has 2 atom stereocenters. The maximum absolute atomic E-state index is 13.2. The molecule has 1 aliphatic heterocycles. The van der Waals surface area contributed by atoms with E-state index in [0.29, 0.717) is 22.7 Å². The van der Waals surface area contributed by atoms with Crippen LogP contribution in [0.5, 0.6) is 0 Å². The quantitative estimate of drug-likeness (QED) is 0.323. The van der Waals surface area contributed by atoms with Gasteiger partial charge in [0.25, 0.3) is 10.0 Å². The van der Waals surface area contributed by atoms with Crippen LogP contribution in [0.2, 0.25) is 4.34 Å². The molecule has 0 radical (unpaired) electrons. The molecule has 0 amide bonds. The zero-order valence-corrected chi connectivity index (χ0v) is 21.1. The maximum Gasteiger partial charge on any atom is 0.416 e. The number of ketones is 1. The average molecular weight is 542 g/mol. The number of carbonyl (C=O) groups excluding carboxylic acids is 1. The van der Waals surface area contributed by atoms with Crippen molar-refractivity contribution in [1.29, 1.82) is 0 Å². The highest BCUT2D eigenvalue weighted by Gasteiger charge is 2.40. The van der Waals surface area contributed by atoms with E-state index in [1.165, 1.54) is 28.6 Å². The lowest BCUT2D eigenvalue weighted by atomic mass is 9.90. The molecule has 0 N–H and O–H groups in total. The Morgan fingerprint density at radius 3 is 2.46 bits per heavy atom. The molecule has 2 heterocycles. The van der Waals surface area contributed by atoms with Crippen LogP contribution in [-0.2, 0) is 21.0 Å². The molecular weight excluding hydrogens is 519 g/mol. The first-order valence-electron chi connectivity index (χ1n) is 11.0. The van der Waals surface area contributed by atoms with Crippen LogP contribution in [0.15, 0.2) is 64.9 Å². The first kappa shape index (κ1) is 25.9. The van der Waals surface area contributed by atoms with E-state index in [2.05, 4.69) is 0 Å². The van der Waals surface area contributed by atoms with E-state index < -0.39 is 27.8 Å². The number of hydrogen-bond donors (Lipinski definition) is 0. The third kappa shape index (κ3) is 5.63. The van der Waals surface area contributed by atoms with Crippen molar-refractivity contribution in [2.24, 2.45) is 0 Å². The summed E-state index contributed by atoms with van der Waals surface area (Å²) in [6.07, 6.45) is -3.17. The number of alkyl halides is 3. The summed E-state index contributed by atoms with van der Waals surface area (Å²) in [5, 5.41) is 0. The highest BCUT2D eigenvalue weighted by molar-refractivity contribution is 7.91. The SMILES string of the molecule is C[C@@H](CC(=O)[C@@H]1CCCN1S(=O)(=O)c1ccc(Cl)s1)c1cccc(-c2ccc(C(F)(F)F)cc2)c1. The van der Waals surface area contributed by atoms with Crippen molar-refractivity contribution in [2.75, 3.05) is 6.54 Å². The highest BCUT2D eigenvalue weighted by atomic mass is 35.5. The van der Waals surface area contributed by atoms with E-state index in [1.54, 1.807) is 12.1 Å². The monoisotopic (exact) mass is 541 g/mol. The van der Waals surface area contributed by atoms with Gasteiger partial charge in [-0.2, -0.15) is 17.5 Å². The minimum atomic E-state index is -4.40. The van der Waals surface area contributed by atoms with Crippen molar-refractivity contribution in [3.8, 4) is 11.1 Å². The molecule has 0 unspecified atom stereocenters. The predicted molar refractivity (Wildman–Crippen MR) is 131 cm³/mol. The third-order valence-electron chi connectivity index (χ3n) is 6.20. The van der Waals surface area contributed by atoms with Gasteiger partial charge in [-0.3, -0.25) is 4.79 Å². The Bertz CT molecular complexity index is 1320. The summed E-state index contributed by atoms with van der Waals surface area (Å²) in [5.74, 6) is -0.348. The number of hydrogen-bond acceptors (Lipinski definition) is 4. The van der Waals surface area contributed by atoms with Crippen LogP contribution in [0.3, 0.4) is 0 Å². The molecule has 4 rings (SSSR count). The lowest BCUT2D eigenvalue weighted by molar-refractivity contribution is -0.137. The lowest BCUT2D eigenvalue weighted by Gasteiger charge is -2.23. The Morgan fingerprint density at radius 2 is 1.83 bits per heavy atom. The molecule has 1 aliphatic rings. The van der Waals surface area contributed by atoms with Gasteiger partial charge in [0.15, 0.2) is 5.78 Å². The molecule has 0 bridgehead atoms. The van der Waals surface area contributed by atoms with Crippen LogP contribution in [-0.4, -0.2) is 31.1 Å². The van der Waals surface area contributed by atoms with Crippen LogP contribution in [0, 0.1) is 0 Å². The summed E-state index contributed by atoms with van der Waals surface area (Å²) in [6.45, 7) is 2.17. The number of benzene rings is 2. The molecule has 1 aromatic heterocycles. The Labute approximate surface area is 211 Å². The minimum absolute atomic E-state index is 0.125. The van der Waals surface area contributed by atoms with E-state index in [-0.39, 0.29) is 28.9 Å². The Kier molecular flexibility index (Phi) is 7.43. The number of carbonyl (C=O) groups is 1. The normalized spacial score (nSPS) is 18.0. The topological polar surface area (TPSA) is 54.5 Å². The zero-order chi connectivity index (χ0) is 25.4. The van der Waals surface area contributed by atoms with Gasteiger partial charge in [-0.05, 0) is 59.7 Å². The predicted octanol–water partition coefficient (Wildman–Crippen LogP) is 7.00. The number of nitrogens with zero attached hydrogens (tertiary/aromatic N) is 1. The highest BCUT2D eigenvalue weighted by Crippen LogP contribution is 2.35.